The van der Waals surface area contributed by atoms with Crippen molar-refractivity contribution in [2.75, 3.05) is 7.05 Å². The van der Waals surface area contributed by atoms with Crippen molar-refractivity contribution in [3.63, 3.8) is 0 Å². The first kappa shape index (κ1) is 26.9. The lowest BCUT2D eigenvalue weighted by Crippen LogP contribution is -2.53. The summed E-state index contributed by atoms with van der Waals surface area (Å²) in [5.74, 6) is -1.34. The van der Waals surface area contributed by atoms with E-state index >= 15 is 0 Å². The van der Waals surface area contributed by atoms with Gasteiger partial charge in [0.05, 0.1) is 29.4 Å². The number of carbonyl (C=O) groups excluding carboxylic acids is 3. The van der Waals surface area contributed by atoms with Crippen molar-refractivity contribution in [3.8, 4) is 0 Å². The number of ketones is 2. The Bertz CT molecular complexity index is 1260. The highest BCUT2D eigenvalue weighted by Crippen LogP contribution is 2.31. The fraction of sp³-hybridized carbons (Fsp3) is 0.464. The lowest BCUT2D eigenvalue weighted by atomic mass is 9.79. The minimum absolute atomic E-state index is 0.0163. The molecular formula is C28H35N5O3S. The number of hydrogen-bond donors (Lipinski definition) is 4. The third-order valence-electron chi connectivity index (χ3n) is 7.38. The highest BCUT2D eigenvalue weighted by molar-refractivity contribution is 7.10. The van der Waals surface area contributed by atoms with E-state index in [0.717, 1.165) is 43.0 Å². The molecule has 0 spiro atoms. The van der Waals surface area contributed by atoms with Crippen LogP contribution in [0.2, 0.25) is 0 Å². The third-order valence-corrected chi connectivity index (χ3v) is 8.34. The highest BCUT2D eigenvalue weighted by Gasteiger charge is 2.36. The zero-order valence-corrected chi connectivity index (χ0v) is 22.4. The number of aromatic amines is 1. The molecule has 3 aromatic rings. The van der Waals surface area contributed by atoms with Crippen LogP contribution in [-0.4, -0.2) is 52.3 Å². The van der Waals surface area contributed by atoms with Gasteiger partial charge in [0, 0.05) is 16.3 Å². The van der Waals surface area contributed by atoms with Gasteiger partial charge in [-0.1, -0.05) is 44.4 Å². The van der Waals surface area contributed by atoms with Crippen molar-refractivity contribution < 1.29 is 14.4 Å². The standard InChI is InChI=1S/C28H35N5O3S/c1-4-19(23(29)26(35)24(17-10-6-5-7-11-17)33-27(36)16(2)30-3)28-32-22(15-37-28)25(34)21-14-18-12-8-9-13-20(18)31-21/h8-9,12-17,19,24,29-31H,4-7,10-11H2,1-3H3,(H,33,36)/t16-,19-,24-/m0/s1. The van der Waals surface area contributed by atoms with Crippen molar-refractivity contribution in [2.24, 2.45) is 5.92 Å². The predicted molar refractivity (Wildman–Crippen MR) is 147 cm³/mol. The van der Waals surface area contributed by atoms with Gasteiger partial charge >= 0.3 is 0 Å². The van der Waals surface area contributed by atoms with Crippen LogP contribution >= 0.6 is 11.3 Å². The molecule has 196 valence electrons. The number of amides is 1. The summed E-state index contributed by atoms with van der Waals surface area (Å²) in [6, 6.07) is 8.33. The van der Waals surface area contributed by atoms with E-state index < -0.39 is 18.0 Å². The highest BCUT2D eigenvalue weighted by atomic mass is 32.1. The Morgan fingerprint density at radius 3 is 2.59 bits per heavy atom. The molecule has 1 amide bonds. The van der Waals surface area contributed by atoms with E-state index in [4.69, 9.17) is 5.41 Å². The Labute approximate surface area is 221 Å². The number of nitrogens with one attached hydrogen (secondary N) is 4. The number of rotatable bonds is 11. The summed E-state index contributed by atoms with van der Waals surface area (Å²) in [4.78, 5) is 47.2. The van der Waals surface area contributed by atoms with E-state index in [-0.39, 0.29) is 29.1 Å². The van der Waals surface area contributed by atoms with Gasteiger partial charge in [-0.15, -0.1) is 11.3 Å². The van der Waals surface area contributed by atoms with Crippen LogP contribution < -0.4 is 10.6 Å². The quantitative estimate of drug-likeness (QED) is 0.216. The van der Waals surface area contributed by atoms with E-state index in [9.17, 15) is 14.4 Å². The number of hydrogen-bond acceptors (Lipinski definition) is 7. The summed E-state index contributed by atoms with van der Waals surface area (Å²) < 4.78 is 0. The van der Waals surface area contributed by atoms with E-state index in [0.29, 0.717) is 22.8 Å². The average molecular weight is 522 g/mol. The van der Waals surface area contributed by atoms with Gasteiger partial charge in [-0.2, -0.15) is 0 Å². The van der Waals surface area contributed by atoms with Gasteiger partial charge in [0.25, 0.3) is 0 Å². The molecule has 0 aliphatic heterocycles. The van der Waals surface area contributed by atoms with Crippen LogP contribution in [0.5, 0.6) is 0 Å². The number of carbonyl (C=O) groups is 3. The van der Waals surface area contributed by atoms with Gasteiger partial charge < -0.3 is 21.0 Å². The first-order chi connectivity index (χ1) is 17.8. The number of benzene rings is 1. The Morgan fingerprint density at radius 2 is 1.92 bits per heavy atom. The Kier molecular flexibility index (Phi) is 8.66. The Balaban J connectivity index is 1.54. The zero-order valence-electron chi connectivity index (χ0n) is 21.6. The van der Waals surface area contributed by atoms with Crippen LogP contribution in [0, 0.1) is 11.3 Å². The van der Waals surface area contributed by atoms with Gasteiger partial charge in [-0.3, -0.25) is 14.4 Å². The van der Waals surface area contributed by atoms with Gasteiger partial charge in [-0.05, 0) is 51.3 Å². The lowest BCUT2D eigenvalue weighted by molar-refractivity contribution is -0.127. The first-order valence-electron chi connectivity index (χ1n) is 13.0. The largest absolute Gasteiger partial charge is 0.352 e. The fourth-order valence-corrected chi connectivity index (χ4v) is 5.99. The zero-order chi connectivity index (χ0) is 26.5. The maximum Gasteiger partial charge on any atom is 0.237 e. The van der Waals surface area contributed by atoms with Crippen molar-refractivity contribution >= 4 is 45.4 Å². The summed E-state index contributed by atoms with van der Waals surface area (Å²) in [5, 5.41) is 17.9. The molecule has 2 aromatic heterocycles. The number of nitrogens with zero attached hydrogens (tertiary/aromatic N) is 1. The molecule has 8 nitrogen and oxygen atoms in total. The average Bonchev–Trinajstić information content (AvgIpc) is 3.59. The van der Waals surface area contributed by atoms with Crippen molar-refractivity contribution in [2.45, 2.75) is 70.4 Å². The molecular weight excluding hydrogens is 486 g/mol. The number of aromatic nitrogens is 2. The molecule has 0 bridgehead atoms. The molecule has 2 heterocycles. The number of para-hydroxylation sites is 1. The predicted octanol–water partition coefficient (Wildman–Crippen LogP) is 4.61. The Morgan fingerprint density at radius 1 is 1.19 bits per heavy atom. The van der Waals surface area contributed by atoms with Crippen molar-refractivity contribution in [3.05, 3.63) is 52.1 Å². The molecule has 1 aliphatic rings. The van der Waals surface area contributed by atoms with Crippen LogP contribution in [0.1, 0.15) is 79.5 Å². The summed E-state index contributed by atoms with van der Waals surface area (Å²) in [7, 11) is 1.70. The van der Waals surface area contributed by atoms with E-state index in [1.54, 1.807) is 19.4 Å². The number of thiazole rings is 1. The summed E-state index contributed by atoms with van der Waals surface area (Å²) in [6.45, 7) is 3.66. The topological polar surface area (TPSA) is 128 Å². The SMILES string of the molecule is CC[C@@H](C(=N)C(=O)[C@@H](NC(=O)[C@H](C)NC)C1CCCCC1)c1nc(C(=O)c2cc3ccccc3[nH]2)cs1. The number of fused-ring (bicyclic) bond motifs is 1. The molecule has 3 atom stereocenters. The van der Waals surface area contributed by atoms with Crippen LogP contribution in [0.25, 0.3) is 10.9 Å². The minimum atomic E-state index is -0.724. The second kappa shape index (κ2) is 11.9. The fourth-order valence-electron chi connectivity index (χ4n) is 5.00. The van der Waals surface area contributed by atoms with Crippen molar-refractivity contribution in [1.82, 2.24) is 20.6 Å². The second-order valence-electron chi connectivity index (χ2n) is 9.80. The molecule has 1 fully saturated rings. The third kappa shape index (κ3) is 5.88. The molecule has 1 aliphatic carbocycles. The molecule has 4 rings (SSSR count). The van der Waals surface area contributed by atoms with Gasteiger partial charge in [0.15, 0.2) is 5.78 Å². The first-order valence-corrected chi connectivity index (χ1v) is 13.9. The van der Waals surface area contributed by atoms with E-state index in [1.165, 1.54) is 11.3 Å². The molecule has 37 heavy (non-hydrogen) atoms. The summed E-state index contributed by atoms with van der Waals surface area (Å²) in [6.07, 6.45) is 5.37. The second-order valence-corrected chi connectivity index (χ2v) is 10.7. The smallest absolute Gasteiger partial charge is 0.237 e. The van der Waals surface area contributed by atoms with Gasteiger partial charge in [0.1, 0.15) is 10.7 Å². The summed E-state index contributed by atoms with van der Waals surface area (Å²) >= 11 is 1.29. The monoisotopic (exact) mass is 521 g/mol. The molecule has 1 saturated carbocycles. The van der Waals surface area contributed by atoms with E-state index in [2.05, 4.69) is 20.6 Å². The number of Topliss-reactive ketones (excluding diaryl/α,β-unsaturated/α-hetero) is 1. The molecule has 1 aromatic carbocycles. The number of likely N-dealkylation sites (N-methyl/N-ethyl adjacent to an activating group) is 1. The molecule has 4 N–H and O–H groups in total. The van der Waals surface area contributed by atoms with Gasteiger partial charge in [-0.25, -0.2) is 4.98 Å². The lowest BCUT2D eigenvalue weighted by Gasteiger charge is -2.31. The van der Waals surface area contributed by atoms with Crippen LogP contribution in [0.4, 0.5) is 0 Å². The maximum atomic E-state index is 13.7. The van der Waals surface area contributed by atoms with Gasteiger partial charge in [0.2, 0.25) is 11.7 Å². The molecule has 0 saturated heterocycles. The molecule has 9 heteroatoms. The molecule has 0 unspecified atom stereocenters. The van der Waals surface area contributed by atoms with Crippen LogP contribution in [0.15, 0.2) is 35.7 Å². The normalized spacial score (nSPS) is 16.7. The minimum Gasteiger partial charge on any atom is -0.352 e. The maximum absolute atomic E-state index is 13.7. The van der Waals surface area contributed by atoms with E-state index in [1.807, 2.05) is 37.3 Å². The van der Waals surface area contributed by atoms with Crippen molar-refractivity contribution in [1.29, 1.82) is 5.41 Å². The number of H-pyrrole nitrogens is 1. The Hall–Kier alpha value is -3.17. The summed E-state index contributed by atoms with van der Waals surface area (Å²) in [5.41, 5.74) is 1.57. The molecule has 0 radical (unpaired) electrons. The van der Waals surface area contributed by atoms with Crippen LogP contribution in [0.3, 0.4) is 0 Å². The van der Waals surface area contributed by atoms with Crippen LogP contribution in [-0.2, 0) is 9.59 Å².